The predicted molar refractivity (Wildman–Crippen MR) is 73.2 cm³/mol. The molecule has 1 N–H and O–H groups in total. The maximum atomic E-state index is 11.1. The van der Waals surface area contributed by atoms with Crippen molar-refractivity contribution in [3.05, 3.63) is 46.1 Å². The van der Waals surface area contributed by atoms with Crippen LogP contribution in [0.3, 0.4) is 0 Å². The Morgan fingerprint density at radius 2 is 2.30 bits per heavy atom. The van der Waals surface area contributed by atoms with E-state index < -0.39 is 4.92 Å². The van der Waals surface area contributed by atoms with Gasteiger partial charge in [-0.2, -0.15) is 0 Å². The Hall–Kier alpha value is -2.22. The number of hydrogen-bond acceptors (Lipinski definition) is 6. The van der Waals surface area contributed by atoms with Gasteiger partial charge in [-0.15, -0.1) is 16.6 Å². The summed E-state index contributed by atoms with van der Waals surface area (Å²) in [4.78, 5) is 12.1. The first-order chi connectivity index (χ1) is 9.61. The van der Waals surface area contributed by atoms with Crippen LogP contribution in [-0.2, 0) is 6.61 Å². The molecule has 1 aromatic heterocycles. The van der Waals surface area contributed by atoms with E-state index >= 15 is 0 Å². The Labute approximate surface area is 119 Å². The highest BCUT2D eigenvalue weighted by atomic mass is 32.2. The van der Waals surface area contributed by atoms with E-state index in [-0.39, 0.29) is 18.2 Å². The third kappa shape index (κ3) is 3.21. The number of ether oxygens (including phenoxy) is 1. The summed E-state index contributed by atoms with van der Waals surface area (Å²) in [7, 11) is 0. The monoisotopic (exact) mass is 295 g/mol. The van der Waals surface area contributed by atoms with Crippen LogP contribution in [0, 0.1) is 10.1 Å². The lowest BCUT2D eigenvalue weighted by Gasteiger charge is -2.09. The van der Waals surface area contributed by atoms with Crippen LogP contribution < -0.4 is 4.74 Å². The molecule has 0 bridgehead atoms. The Morgan fingerprint density at radius 3 is 2.90 bits per heavy atom. The third-order valence-corrected chi connectivity index (χ3v) is 3.50. The smallest absolute Gasteiger partial charge is 0.277 e. The maximum Gasteiger partial charge on any atom is 0.277 e. The van der Waals surface area contributed by atoms with Gasteiger partial charge in [-0.1, -0.05) is 18.1 Å². The zero-order chi connectivity index (χ0) is 14.5. The summed E-state index contributed by atoms with van der Waals surface area (Å²) in [6.07, 6.45) is 1.32. The number of rotatable bonds is 6. The number of aromatic nitrogens is 2. The van der Waals surface area contributed by atoms with Gasteiger partial charge in [0.15, 0.2) is 0 Å². The van der Waals surface area contributed by atoms with E-state index in [1.807, 2.05) is 13.0 Å². The fourth-order valence-electron chi connectivity index (χ4n) is 1.68. The van der Waals surface area contributed by atoms with Crippen molar-refractivity contribution in [1.82, 2.24) is 9.94 Å². The molecule has 7 nitrogen and oxygen atoms in total. The Kier molecular flexibility index (Phi) is 4.46. The van der Waals surface area contributed by atoms with E-state index in [0.717, 1.165) is 10.6 Å². The topological polar surface area (TPSA) is 90.4 Å². The van der Waals surface area contributed by atoms with Gasteiger partial charge >= 0.3 is 0 Å². The molecule has 0 atom stereocenters. The lowest BCUT2D eigenvalue weighted by Crippen LogP contribution is -2.03. The van der Waals surface area contributed by atoms with Crippen molar-refractivity contribution in [3.63, 3.8) is 0 Å². The van der Waals surface area contributed by atoms with Crippen molar-refractivity contribution in [2.45, 2.75) is 18.4 Å². The molecule has 0 aliphatic carbocycles. The van der Waals surface area contributed by atoms with Crippen molar-refractivity contribution in [2.75, 3.05) is 5.75 Å². The van der Waals surface area contributed by atoms with Crippen LogP contribution in [0.2, 0.25) is 0 Å². The van der Waals surface area contributed by atoms with E-state index in [1.165, 1.54) is 30.1 Å². The molecule has 0 saturated carbocycles. The van der Waals surface area contributed by atoms with Gasteiger partial charge in [-0.05, 0) is 11.8 Å². The number of benzene rings is 1. The van der Waals surface area contributed by atoms with Crippen molar-refractivity contribution >= 4 is 17.4 Å². The van der Waals surface area contributed by atoms with Gasteiger partial charge in [-0.3, -0.25) is 10.1 Å². The molecule has 0 aliphatic rings. The molecule has 0 spiro atoms. The van der Waals surface area contributed by atoms with Crippen molar-refractivity contribution in [3.8, 4) is 5.88 Å². The van der Waals surface area contributed by atoms with E-state index in [0.29, 0.717) is 10.4 Å². The average molecular weight is 295 g/mol. The Bertz CT molecular complexity index is 614. The highest BCUT2D eigenvalue weighted by Gasteiger charge is 2.18. The maximum absolute atomic E-state index is 11.1. The quantitative estimate of drug-likeness (QED) is 0.381. The summed E-state index contributed by atoms with van der Waals surface area (Å²) in [6.45, 7) is 2.00. The Balaban J connectivity index is 2.25. The SMILES string of the molecule is CCSc1cccc([N+](=O)[O-])c1COc1ccn(O)n1. The van der Waals surface area contributed by atoms with Gasteiger partial charge in [-0.25, -0.2) is 0 Å². The standard InChI is InChI=1S/C12H13N3O4S/c1-2-20-11-5-3-4-10(15(17)18)9(11)8-19-12-6-7-14(16)13-12/h3-7,16H,2,8H2,1H3. The van der Waals surface area contributed by atoms with Gasteiger partial charge in [0.25, 0.3) is 5.69 Å². The molecule has 2 aromatic rings. The minimum absolute atomic E-state index is 0.0203. The molecule has 0 aliphatic heterocycles. The minimum atomic E-state index is -0.428. The lowest BCUT2D eigenvalue weighted by atomic mass is 10.2. The van der Waals surface area contributed by atoms with Crippen LogP contribution in [0.25, 0.3) is 0 Å². The largest absolute Gasteiger partial charge is 0.471 e. The molecule has 106 valence electrons. The van der Waals surface area contributed by atoms with E-state index in [9.17, 15) is 10.1 Å². The second kappa shape index (κ2) is 6.29. The Morgan fingerprint density at radius 1 is 1.50 bits per heavy atom. The first kappa shape index (κ1) is 14.2. The molecule has 0 amide bonds. The molecule has 1 aromatic carbocycles. The van der Waals surface area contributed by atoms with Crippen molar-refractivity contribution in [2.24, 2.45) is 0 Å². The minimum Gasteiger partial charge on any atom is -0.471 e. The molecule has 0 radical (unpaired) electrons. The first-order valence-corrected chi connectivity index (χ1v) is 6.87. The van der Waals surface area contributed by atoms with E-state index in [4.69, 9.17) is 9.94 Å². The van der Waals surface area contributed by atoms with Gasteiger partial charge in [0, 0.05) is 17.0 Å². The second-order valence-electron chi connectivity index (χ2n) is 3.81. The van der Waals surface area contributed by atoms with E-state index in [2.05, 4.69) is 5.10 Å². The van der Waals surface area contributed by atoms with Crippen LogP contribution in [0.1, 0.15) is 12.5 Å². The first-order valence-electron chi connectivity index (χ1n) is 5.88. The van der Waals surface area contributed by atoms with Crippen LogP contribution >= 0.6 is 11.8 Å². The number of nitro groups is 1. The third-order valence-electron chi connectivity index (χ3n) is 2.52. The molecule has 20 heavy (non-hydrogen) atoms. The number of thioether (sulfide) groups is 1. The average Bonchev–Trinajstić information content (AvgIpc) is 2.83. The summed E-state index contributed by atoms with van der Waals surface area (Å²) in [5.74, 6) is 1.01. The van der Waals surface area contributed by atoms with E-state index in [1.54, 1.807) is 6.07 Å². The summed E-state index contributed by atoms with van der Waals surface area (Å²) in [6, 6.07) is 6.40. The van der Waals surface area contributed by atoms with Crippen LogP contribution in [-0.4, -0.2) is 25.8 Å². The van der Waals surface area contributed by atoms with Gasteiger partial charge < -0.3 is 9.94 Å². The highest BCUT2D eigenvalue weighted by Crippen LogP contribution is 2.30. The van der Waals surface area contributed by atoms with Crippen LogP contribution in [0.15, 0.2) is 35.4 Å². The van der Waals surface area contributed by atoms with Crippen LogP contribution in [0.5, 0.6) is 5.88 Å². The summed E-state index contributed by atoms with van der Waals surface area (Å²) < 4.78 is 5.38. The zero-order valence-electron chi connectivity index (χ0n) is 10.7. The molecule has 8 heteroatoms. The van der Waals surface area contributed by atoms with Crippen LogP contribution in [0.4, 0.5) is 5.69 Å². The zero-order valence-corrected chi connectivity index (χ0v) is 11.5. The molecule has 0 saturated heterocycles. The number of nitrogens with zero attached hydrogens (tertiary/aromatic N) is 3. The lowest BCUT2D eigenvalue weighted by molar-refractivity contribution is -0.386. The number of hydrogen-bond donors (Lipinski definition) is 1. The van der Waals surface area contributed by atoms with Crippen molar-refractivity contribution in [1.29, 1.82) is 0 Å². The molecule has 1 heterocycles. The van der Waals surface area contributed by atoms with Gasteiger partial charge in [0.2, 0.25) is 5.88 Å². The highest BCUT2D eigenvalue weighted by molar-refractivity contribution is 7.99. The predicted octanol–water partition coefficient (Wildman–Crippen LogP) is 2.72. The van der Waals surface area contributed by atoms with Crippen molar-refractivity contribution < 1.29 is 14.9 Å². The summed E-state index contributed by atoms with van der Waals surface area (Å²) >= 11 is 1.51. The fourth-order valence-corrected chi connectivity index (χ4v) is 2.51. The summed E-state index contributed by atoms with van der Waals surface area (Å²) in [5, 5.41) is 23.8. The molecule has 0 unspecified atom stereocenters. The normalized spacial score (nSPS) is 10.4. The fraction of sp³-hybridized carbons (Fsp3) is 0.250. The molecule has 0 fully saturated rings. The molecular weight excluding hydrogens is 282 g/mol. The van der Waals surface area contributed by atoms with Gasteiger partial charge in [0.05, 0.1) is 16.7 Å². The molecule has 2 rings (SSSR count). The van der Waals surface area contributed by atoms with Gasteiger partial charge in [0.1, 0.15) is 6.61 Å². The second-order valence-corrected chi connectivity index (χ2v) is 5.11. The summed E-state index contributed by atoms with van der Waals surface area (Å²) in [5.41, 5.74) is 0.531. The molecular formula is C12H13N3O4S. The number of nitro benzene ring substituents is 1.